The van der Waals surface area contributed by atoms with E-state index in [1.54, 1.807) is 12.1 Å². The van der Waals surface area contributed by atoms with Crippen molar-refractivity contribution in [3.63, 3.8) is 0 Å². The number of amides is 1. The van der Waals surface area contributed by atoms with Gasteiger partial charge in [0, 0.05) is 57.8 Å². The number of nitrogens with zero attached hydrogens (tertiary/aromatic N) is 3. The van der Waals surface area contributed by atoms with Crippen LogP contribution >= 0.6 is 0 Å². The van der Waals surface area contributed by atoms with Crippen molar-refractivity contribution in [3.8, 4) is 0 Å². The van der Waals surface area contributed by atoms with Crippen LogP contribution in [0.2, 0.25) is 0 Å². The van der Waals surface area contributed by atoms with Crippen LogP contribution in [0.3, 0.4) is 0 Å². The zero-order chi connectivity index (χ0) is 20.3. The van der Waals surface area contributed by atoms with Gasteiger partial charge in [0.05, 0.1) is 4.90 Å². The summed E-state index contributed by atoms with van der Waals surface area (Å²) in [5.74, 6) is 0.697. The lowest BCUT2D eigenvalue weighted by molar-refractivity contribution is -0.130. The third-order valence-electron chi connectivity index (χ3n) is 5.65. The summed E-state index contributed by atoms with van der Waals surface area (Å²) in [4.78, 5) is 28.0. The number of hydrogen-bond acceptors (Lipinski definition) is 5. The van der Waals surface area contributed by atoms with Gasteiger partial charge in [0.2, 0.25) is 15.9 Å². The summed E-state index contributed by atoms with van der Waals surface area (Å²) in [5.41, 5.74) is 0.501. The Morgan fingerprint density at radius 2 is 1.68 bits per heavy atom. The van der Waals surface area contributed by atoms with Crippen LogP contribution in [-0.2, 0) is 14.8 Å². The fourth-order valence-electron chi connectivity index (χ4n) is 3.78. The molecule has 0 saturated carbocycles. The average Bonchev–Trinajstić information content (AvgIpc) is 3.13. The number of hydrogen-bond donors (Lipinski definition) is 0. The molecule has 1 atom stereocenters. The summed E-state index contributed by atoms with van der Waals surface area (Å²) in [7, 11) is -3.56. The minimum Gasteiger partial charge on any atom is -0.342 e. The Labute approximate surface area is 167 Å². The highest BCUT2D eigenvalue weighted by molar-refractivity contribution is 7.89. The van der Waals surface area contributed by atoms with Gasteiger partial charge in [-0.2, -0.15) is 4.31 Å². The SMILES string of the molecule is CC(=O)c1ccc(S(=O)(=O)N2CCN(CCC(=O)N3CCC(C)C3)CC2)cc1. The number of rotatable bonds is 6. The van der Waals surface area contributed by atoms with Crippen LogP contribution in [0.5, 0.6) is 0 Å². The number of likely N-dealkylation sites (tertiary alicyclic amines) is 1. The third kappa shape index (κ3) is 4.79. The number of carbonyl (C=O) groups excluding carboxylic acids is 2. The van der Waals surface area contributed by atoms with Crippen molar-refractivity contribution in [2.45, 2.75) is 31.6 Å². The van der Waals surface area contributed by atoms with Crippen LogP contribution < -0.4 is 0 Å². The van der Waals surface area contributed by atoms with Gasteiger partial charge in [-0.3, -0.25) is 9.59 Å². The van der Waals surface area contributed by atoms with E-state index in [0.29, 0.717) is 50.6 Å². The fourth-order valence-corrected chi connectivity index (χ4v) is 5.20. The first kappa shape index (κ1) is 21.0. The molecule has 1 unspecified atom stereocenters. The Bertz CT molecular complexity index is 814. The lowest BCUT2D eigenvalue weighted by Crippen LogP contribution is -2.49. The maximum absolute atomic E-state index is 12.8. The maximum Gasteiger partial charge on any atom is 0.243 e. The number of ketones is 1. The molecule has 2 aliphatic rings. The van der Waals surface area contributed by atoms with Gasteiger partial charge in [-0.1, -0.05) is 19.1 Å². The van der Waals surface area contributed by atoms with Crippen LogP contribution in [0.25, 0.3) is 0 Å². The molecule has 0 spiro atoms. The molecule has 0 radical (unpaired) electrons. The fraction of sp³-hybridized carbons (Fsp3) is 0.600. The standard InChI is InChI=1S/C20H29N3O4S/c1-16-7-10-22(15-16)20(25)8-9-21-11-13-23(14-12-21)28(26,27)19-5-3-18(4-6-19)17(2)24/h3-6,16H,7-15H2,1-2H3. The normalized spacial score (nSPS) is 21.8. The van der Waals surface area contributed by atoms with E-state index in [4.69, 9.17) is 0 Å². The summed E-state index contributed by atoms with van der Waals surface area (Å²) in [6.07, 6.45) is 1.57. The van der Waals surface area contributed by atoms with Gasteiger partial charge in [0.25, 0.3) is 0 Å². The summed E-state index contributed by atoms with van der Waals surface area (Å²) >= 11 is 0. The van der Waals surface area contributed by atoms with Crippen LogP contribution in [0, 0.1) is 5.92 Å². The molecule has 1 aromatic carbocycles. The van der Waals surface area contributed by atoms with Gasteiger partial charge in [-0.05, 0) is 31.4 Å². The number of benzene rings is 1. The summed E-state index contributed by atoms with van der Waals surface area (Å²) in [5, 5.41) is 0. The van der Waals surface area contributed by atoms with Crippen LogP contribution in [0.4, 0.5) is 0 Å². The van der Waals surface area contributed by atoms with Crippen molar-refractivity contribution in [1.82, 2.24) is 14.1 Å². The molecule has 2 fully saturated rings. The second kappa shape index (κ2) is 8.71. The van der Waals surface area contributed by atoms with Crippen molar-refractivity contribution >= 4 is 21.7 Å². The molecular weight excluding hydrogens is 378 g/mol. The second-order valence-electron chi connectivity index (χ2n) is 7.81. The van der Waals surface area contributed by atoms with Crippen LogP contribution in [-0.4, -0.2) is 80.0 Å². The summed E-state index contributed by atoms with van der Waals surface area (Å²) in [6, 6.07) is 6.09. The van der Waals surface area contributed by atoms with E-state index in [1.165, 1.54) is 23.4 Å². The lowest BCUT2D eigenvalue weighted by Gasteiger charge is -2.34. The van der Waals surface area contributed by atoms with Crippen molar-refractivity contribution < 1.29 is 18.0 Å². The molecule has 0 aromatic heterocycles. The molecule has 7 nitrogen and oxygen atoms in total. The van der Waals surface area contributed by atoms with Crippen molar-refractivity contribution in [2.75, 3.05) is 45.8 Å². The third-order valence-corrected chi connectivity index (χ3v) is 7.56. The van der Waals surface area contributed by atoms with E-state index in [1.807, 2.05) is 4.90 Å². The molecule has 2 aliphatic heterocycles. The predicted molar refractivity (Wildman–Crippen MR) is 107 cm³/mol. The molecule has 28 heavy (non-hydrogen) atoms. The predicted octanol–water partition coefficient (Wildman–Crippen LogP) is 1.45. The van der Waals surface area contributed by atoms with Gasteiger partial charge in [0.1, 0.15) is 0 Å². The van der Waals surface area contributed by atoms with E-state index in [2.05, 4.69) is 11.8 Å². The molecule has 1 aromatic rings. The molecule has 0 bridgehead atoms. The first-order valence-electron chi connectivity index (χ1n) is 9.88. The molecule has 8 heteroatoms. The van der Waals surface area contributed by atoms with Crippen molar-refractivity contribution in [1.29, 1.82) is 0 Å². The van der Waals surface area contributed by atoms with E-state index in [0.717, 1.165) is 19.5 Å². The first-order valence-corrected chi connectivity index (χ1v) is 11.3. The average molecular weight is 408 g/mol. The quantitative estimate of drug-likeness (QED) is 0.667. The summed E-state index contributed by atoms with van der Waals surface area (Å²) in [6.45, 7) is 8.06. The minimum absolute atomic E-state index is 0.0875. The number of sulfonamides is 1. The van der Waals surface area contributed by atoms with E-state index in [9.17, 15) is 18.0 Å². The van der Waals surface area contributed by atoms with Crippen molar-refractivity contribution in [3.05, 3.63) is 29.8 Å². The second-order valence-corrected chi connectivity index (χ2v) is 9.75. The Kier molecular flexibility index (Phi) is 6.52. The molecule has 1 amide bonds. The molecular formula is C20H29N3O4S. The highest BCUT2D eigenvalue weighted by Gasteiger charge is 2.29. The molecule has 2 heterocycles. The van der Waals surface area contributed by atoms with E-state index >= 15 is 0 Å². The molecule has 154 valence electrons. The van der Waals surface area contributed by atoms with E-state index < -0.39 is 10.0 Å². The number of carbonyl (C=O) groups is 2. The number of Topliss-reactive ketones (excluding diaryl/α,β-unsaturated/α-hetero) is 1. The van der Waals surface area contributed by atoms with Gasteiger partial charge >= 0.3 is 0 Å². The van der Waals surface area contributed by atoms with Gasteiger partial charge in [-0.15, -0.1) is 0 Å². The van der Waals surface area contributed by atoms with E-state index in [-0.39, 0.29) is 16.6 Å². The zero-order valence-corrected chi connectivity index (χ0v) is 17.5. The Morgan fingerprint density at radius 1 is 1.04 bits per heavy atom. The monoisotopic (exact) mass is 407 g/mol. The largest absolute Gasteiger partial charge is 0.342 e. The summed E-state index contributed by atoms with van der Waals surface area (Å²) < 4.78 is 27.1. The Balaban J connectivity index is 1.50. The maximum atomic E-state index is 12.8. The Hall–Kier alpha value is -1.77. The molecule has 2 saturated heterocycles. The highest BCUT2D eigenvalue weighted by Crippen LogP contribution is 2.19. The molecule has 0 aliphatic carbocycles. The zero-order valence-electron chi connectivity index (χ0n) is 16.6. The van der Waals surface area contributed by atoms with Crippen LogP contribution in [0.1, 0.15) is 37.0 Å². The molecule has 0 N–H and O–H groups in total. The Morgan fingerprint density at radius 3 is 2.21 bits per heavy atom. The van der Waals surface area contributed by atoms with Crippen LogP contribution in [0.15, 0.2) is 29.2 Å². The number of piperazine rings is 1. The topological polar surface area (TPSA) is 78.0 Å². The van der Waals surface area contributed by atoms with Crippen molar-refractivity contribution in [2.24, 2.45) is 5.92 Å². The van der Waals surface area contributed by atoms with Gasteiger partial charge < -0.3 is 9.80 Å². The minimum atomic E-state index is -3.56. The van der Waals surface area contributed by atoms with Gasteiger partial charge in [0.15, 0.2) is 5.78 Å². The highest BCUT2D eigenvalue weighted by atomic mass is 32.2. The van der Waals surface area contributed by atoms with Gasteiger partial charge in [-0.25, -0.2) is 8.42 Å². The first-order chi connectivity index (χ1) is 13.3. The molecule has 3 rings (SSSR count). The lowest BCUT2D eigenvalue weighted by atomic mass is 10.2. The smallest absolute Gasteiger partial charge is 0.243 e.